The van der Waals surface area contributed by atoms with Gasteiger partial charge in [-0.05, 0) is 12.1 Å². The molecule has 0 radical (unpaired) electrons. The van der Waals surface area contributed by atoms with Crippen LogP contribution in [-0.4, -0.2) is 32.8 Å². The van der Waals surface area contributed by atoms with Gasteiger partial charge in [0.2, 0.25) is 5.82 Å². The Morgan fingerprint density at radius 2 is 2.21 bits per heavy atom. The van der Waals surface area contributed by atoms with Gasteiger partial charge in [0.1, 0.15) is 0 Å². The number of nitrogens with one attached hydrogen (secondary N) is 1. The summed E-state index contributed by atoms with van der Waals surface area (Å²) in [6.07, 6.45) is 3.56. The van der Waals surface area contributed by atoms with Gasteiger partial charge in [-0.15, -0.1) is 5.10 Å². The molecule has 0 unspecified atom stereocenters. The van der Waals surface area contributed by atoms with Crippen molar-refractivity contribution in [3.05, 3.63) is 30.4 Å². The molecule has 0 aromatic carbocycles. The van der Waals surface area contributed by atoms with Crippen LogP contribution in [0.1, 0.15) is 10.6 Å². The number of hydrogen-bond acceptors (Lipinski definition) is 4. The second kappa shape index (κ2) is 3.33. The number of ether oxygens (including phenoxy) is 1. The zero-order valence-corrected chi connectivity index (χ0v) is 7.47. The quantitative estimate of drug-likeness (QED) is 0.698. The smallest absolute Gasteiger partial charge is 0.375 e. The molecule has 2 aromatic rings. The van der Waals surface area contributed by atoms with Gasteiger partial charge in [0.15, 0.2) is 0 Å². The number of carbonyl (C=O) groups is 1. The Labute approximate surface area is 79.5 Å². The highest BCUT2D eigenvalue weighted by molar-refractivity contribution is 5.84. The van der Waals surface area contributed by atoms with E-state index in [0.29, 0.717) is 5.95 Å². The summed E-state index contributed by atoms with van der Waals surface area (Å²) >= 11 is 0. The van der Waals surface area contributed by atoms with E-state index in [1.54, 1.807) is 17.0 Å². The van der Waals surface area contributed by atoms with E-state index in [-0.39, 0.29) is 5.82 Å². The molecule has 0 saturated carbocycles. The highest BCUT2D eigenvalue weighted by Gasteiger charge is 2.11. The van der Waals surface area contributed by atoms with Gasteiger partial charge in [0.05, 0.1) is 7.11 Å². The molecule has 0 amide bonds. The molecule has 0 aliphatic rings. The average molecular weight is 192 g/mol. The fraction of sp³-hybridized carbons (Fsp3) is 0.125. The molecule has 2 aromatic heterocycles. The third-order valence-corrected chi connectivity index (χ3v) is 1.69. The summed E-state index contributed by atoms with van der Waals surface area (Å²) < 4.78 is 6.17. The number of aromatic nitrogens is 4. The van der Waals surface area contributed by atoms with Crippen molar-refractivity contribution in [3.63, 3.8) is 0 Å². The predicted molar refractivity (Wildman–Crippen MR) is 47.0 cm³/mol. The summed E-state index contributed by atoms with van der Waals surface area (Å²) in [7, 11) is 1.29. The van der Waals surface area contributed by atoms with Crippen LogP contribution in [0.3, 0.4) is 0 Å². The minimum absolute atomic E-state index is 0.0937. The number of H-pyrrole nitrogens is 1. The number of carbonyl (C=O) groups excluding carboxylic acids is 1. The van der Waals surface area contributed by atoms with Crippen molar-refractivity contribution in [1.29, 1.82) is 0 Å². The zero-order chi connectivity index (χ0) is 9.97. The molecule has 1 N–H and O–H groups in total. The molecule has 0 bridgehead atoms. The standard InChI is InChI=1S/C8H8N4O2/c1-14-7(13)6-9-8(11-10-6)12-4-2-3-5-12/h2-5H,1H3,(H,9,10,11). The van der Waals surface area contributed by atoms with Crippen molar-refractivity contribution in [2.45, 2.75) is 0 Å². The van der Waals surface area contributed by atoms with E-state index in [1.165, 1.54) is 7.11 Å². The lowest BCUT2D eigenvalue weighted by Gasteiger charge is -1.92. The molecule has 0 atom stereocenters. The van der Waals surface area contributed by atoms with Gasteiger partial charge in [0.25, 0.3) is 5.95 Å². The molecule has 0 aliphatic heterocycles. The summed E-state index contributed by atoms with van der Waals surface area (Å²) in [5.74, 6) is -0.0255. The lowest BCUT2D eigenvalue weighted by Crippen LogP contribution is -2.03. The lowest BCUT2D eigenvalue weighted by atomic mass is 10.6. The largest absolute Gasteiger partial charge is 0.463 e. The minimum Gasteiger partial charge on any atom is -0.463 e. The molecule has 0 aliphatic carbocycles. The van der Waals surface area contributed by atoms with Crippen LogP contribution in [0.15, 0.2) is 24.5 Å². The van der Waals surface area contributed by atoms with Gasteiger partial charge in [-0.1, -0.05) is 0 Å². The van der Waals surface area contributed by atoms with E-state index in [0.717, 1.165) is 0 Å². The van der Waals surface area contributed by atoms with E-state index in [2.05, 4.69) is 19.9 Å². The number of hydrogen-bond donors (Lipinski definition) is 1. The van der Waals surface area contributed by atoms with Crippen LogP contribution >= 0.6 is 0 Å². The summed E-state index contributed by atoms with van der Waals surface area (Å²) in [5, 5.41) is 6.34. The topological polar surface area (TPSA) is 72.8 Å². The van der Waals surface area contributed by atoms with Crippen molar-refractivity contribution in [3.8, 4) is 5.95 Å². The molecule has 6 nitrogen and oxygen atoms in total. The van der Waals surface area contributed by atoms with Crippen LogP contribution in [-0.2, 0) is 4.74 Å². The molecular weight excluding hydrogens is 184 g/mol. The predicted octanol–water partition coefficient (Wildman–Crippen LogP) is 0.382. The minimum atomic E-state index is -0.532. The third kappa shape index (κ3) is 1.37. The monoisotopic (exact) mass is 192 g/mol. The summed E-state index contributed by atoms with van der Waals surface area (Å²) in [4.78, 5) is 15.0. The van der Waals surface area contributed by atoms with E-state index in [4.69, 9.17) is 0 Å². The number of nitrogens with zero attached hydrogens (tertiary/aromatic N) is 3. The van der Waals surface area contributed by atoms with Crippen molar-refractivity contribution in [2.24, 2.45) is 0 Å². The third-order valence-electron chi connectivity index (χ3n) is 1.69. The van der Waals surface area contributed by atoms with Gasteiger partial charge >= 0.3 is 5.97 Å². The Morgan fingerprint density at radius 1 is 1.50 bits per heavy atom. The Kier molecular flexibility index (Phi) is 2.02. The van der Waals surface area contributed by atoms with Crippen LogP contribution in [0.25, 0.3) is 5.95 Å². The molecule has 72 valence electrons. The van der Waals surface area contributed by atoms with Crippen molar-refractivity contribution in [1.82, 2.24) is 19.7 Å². The molecule has 0 fully saturated rings. The molecule has 0 saturated heterocycles. The zero-order valence-electron chi connectivity index (χ0n) is 7.47. The summed E-state index contributed by atoms with van der Waals surface area (Å²) in [6, 6.07) is 3.68. The van der Waals surface area contributed by atoms with Crippen LogP contribution in [0.5, 0.6) is 0 Å². The van der Waals surface area contributed by atoms with Gasteiger partial charge in [-0.25, -0.2) is 4.79 Å². The second-order valence-corrected chi connectivity index (χ2v) is 2.57. The van der Waals surface area contributed by atoms with Gasteiger partial charge in [-0.2, -0.15) is 4.98 Å². The van der Waals surface area contributed by atoms with E-state index >= 15 is 0 Å². The van der Waals surface area contributed by atoms with Crippen LogP contribution in [0, 0.1) is 0 Å². The molecule has 2 rings (SSSR count). The van der Waals surface area contributed by atoms with E-state index in [1.807, 2.05) is 12.1 Å². The first kappa shape index (κ1) is 8.49. The van der Waals surface area contributed by atoms with Gasteiger partial charge in [0, 0.05) is 12.4 Å². The lowest BCUT2D eigenvalue weighted by molar-refractivity contribution is 0.0587. The molecule has 0 spiro atoms. The maximum atomic E-state index is 11.0. The van der Waals surface area contributed by atoms with Crippen molar-refractivity contribution >= 4 is 5.97 Å². The van der Waals surface area contributed by atoms with Crippen LogP contribution < -0.4 is 0 Å². The SMILES string of the molecule is COC(=O)c1nc(-n2cccc2)n[nH]1. The highest BCUT2D eigenvalue weighted by Crippen LogP contribution is 2.01. The maximum Gasteiger partial charge on any atom is 0.375 e. The maximum absolute atomic E-state index is 11.0. The van der Waals surface area contributed by atoms with E-state index < -0.39 is 5.97 Å². The Hall–Kier alpha value is -2.11. The normalized spacial score (nSPS) is 10.1. The van der Waals surface area contributed by atoms with Crippen molar-refractivity contribution < 1.29 is 9.53 Å². The first-order valence-corrected chi connectivity index (χ1v) is 3.95. The second-order valence-electron chi connectivity index (χ2n) is 2.57. The summed E-state index contributed by atoms with van der Waals surface area (Å²) in [6.45, 7) is 0. The first-order valence-electron chi connectivity index (χ1n) is 3.95. The molecular formula is C8H8N4O2. The Balaban J connectivity index is 2.31. The van der Waals surface area contributed by atoms with Gasteiger partial charge < -0.3 is 4.74 Å². The average Bonchev–Trinajstić information content (AvgIpc) is 2.86. The number of aromatic amines is 1. The number of methoxy groups -OCH3 is 1. The number of rotatable bonds is 2. The Bertz CT molecular complexity index is 432. The fourth-order valence-corrected chi connectivity index (χ4v) is 1.02. The first-order chi connectivity index (χ1) is 6.81. The Morgan fingerprint density at radius 3 is 2.86 bits per heavy atom. The van der Waals surface area contributed by atoms with E-state index in [9.17, 15) is 4.79 Å². The molecule has 14 heavy (non-hydrogen) atoms. The van der Waals surface area contributed by atoms with Crippen LogP contribution in [0.2, 0.25) is 0 Å². The summed E-state index contributed by atoms with van der Waals surface area (Å²) in [5.41, 5.74) is 0. The van der Waals surface area contributed by atoms with Gasteiger partial charge in [-0.3, -0.25) is 9.67 Å². The molecule has 2 heterocycles. The number of esters is 1. The van der Waals surface area contributed by atoms with Crippen LogP contribution in [0.4, 0.5) is 0 Å². The fourth-order valence-electron chi connectivity index (χ4n) is 1.02. The highest BCUT2D eigenvalue weighted by atomic mass is 16.5. The molecule has 6 heteroatoms. The van der Waals surface area contributed by atoms with Crippen molar-refractivity contribution in [2.75, 3.05) is 7.11 Å².